The first-order valence-corrected chi connectivity index (χ1v) is 4.62. The van der Waals surface area contributed by atoms with Gasteiger partial charge in [-0.2, -0.15) is 0 Å². The molecule has 0 spiro atoms. The van der Waals surface area contributed by atoms with Crippen molar-refractivity contribution in [1.82, 2.24) is 15.3 Å². The monoisotopic (exact) mass is 250 g/mol. The Hall–Kier alpha value is -0.580. The maximum Gasteiger partial charge on any atom is 0.225 e. The highest BCUT2D eigenvalue weighted by Gasteiger charge is 2.19. The summed E-state index contributed by atoms with van der Waals surface area (Å²) < 4.78 is 0. The molecule has 1 aromatic rings. The van der Waals surface area contributed by atoms with Crippen LogP contribution in [0.5, 0.6) is 0 Å². The molecule has 6 heteroatoms. The molecular formula is C9H16Cl2N4. The zero-order valence-electron chi connectivity index (χ0n) is 8.59. The molecule has 2 heterocycles. The van der Waals surface area contributed by atoms with Crippen LogP contribution in [0.4, 0.5) is 5.95 Å². The Labute approximate surface area is 102 Å². The molecule has 1 fully saturated rings. The number of hydrogen-bond donors (Lipinski definition) is 1. The molecule has 0 bridgehead atoms. The van der Waals surface area contributed by atoms with Gasteiger partial charge in [0.2, 0.25) is 5.95 Å². The molecule has 0 aliphatic carbocycles. The van der Waals surface area contributed by atoms with Gasteiger partial charge >= 0.3 is 0 Å². The van der Waals surface area contributed by atoms with Crippen LogP contribution in [0.2, 0.25) is 0 Å². The minimum absolute atomic E-state index is 0. The zero-order chi connectivity index (χ0) is 9.10. The van der Waals surface area contributed by atoms with Gasteiger partial charge in [0.05, 0.1) is 0 Å². The normalized spacial score (nSPS) is 20.1. The van der Waals surface area contributed by atoms with Crippen LogP contribution in [0.15, 0.2) is 18.5 Å². The van der Waals surface area contributed by atoms with Crippen LogP contribution in [0.1, 0.15) is 6.92 Å². The van der Waals surface area contributed by atoms with E-state index in [0.29, 0.717) is 6.04 Å². The van der Waals surface area contributed by atoms with E-state index in [4.69, 9.17) is 0 Å². The Bertz CT molecular complexity index is 270. The van der Waals surface area contributed by atoms with Crippen molar-refractivity contribution in [2.45, 2.75) is 13.0 Å². The van der Waals surface area contributed by atoms with Gasteiger partial charge in [-0.25, -0.2) is 9.97 Å². The highest BCUT2D eigenvalue weighted by molar-refractivity contribution is 5.85. The molecule has 15 heavy (non-hydrogen) atoms. The molecule has 2 rings (SSSR count). The molecule has 1 N–H and O–H groups in total. The van der Waals surface area contributed by atoms with Crippen molar-refractivity contribution in [3.8, 4) is 0 Å². The minimum Gasteiger partial charge on any atom is -0.336 e. The first kappa shape index (κ1) is 14.4. The zero-order valence-corrected chi connectivity index (χ0v) is 10.2. The summed E-state index contributed by atoms with van der Waals surface area (Å²) in [5, 5.41) is 3.34. The second-order valence-electron chi connectivity index (χ2n) is 3.30. The minimum atomic E-state index is 0. The summed E-state index contributed by atoms with van der Waals surface area (Å²) in [6, 6.07) is 2.33. The van der Waals surface area contributed by atoms with E-state index >= 15 is 0 Å². The van der Waals surface area contributed by atoms with E-state index in [1.807, 2.05) is 6.07 Å². The average molecular weight is 251 g/mol. The lowest BCUT2D eigenvalue weighted by Gasteiger charge is -2.33. The lowest BCUT2D eigenvalue weighted by Crippen LogP contribution is -2.50. The van der Waals surface area contributed by atoms with Crippen LogP contribution in [-0.2, 0) is 0 Å². The van der Waals surface area contributed by atoms with Crippen LogP contribution in [0.25, 0.3) is 0 Å². The van der Waals surface area contributed by atoms with E-state index in [1.165, 1.54) is 0 Å². The average Bonchev–Trinajstić information content (AvgIpc) is 2.20. The van der Waals surface area contributed by atoms with E-state index in [-0.39, 0.29) is 24.8 Å². The van der Waals surface area contributed by atoms with Crippen LogP contribution in [0.3, 0.4) is 0 Å². The van der Waals surface area contributed by atoms with Gasteiger partial charge in [0.15, 0.2) is 0 Å². The number of aromatic nitrogens is 2. The van der Waals surface area contributed by atoms with E-state index in [0.717, 1.165) is 25.6 Å². The molecule has 4 nitrogen and oxygen atoms in total. The lowest BCUT2D eigenvalue weighted by molar-refractivity contribution is 0.493. The first-order valence-electron chi connectivity index (χ1n) is 4.62. The van der Waals surface area contributed by atoms with Gasteiger partial charge in [-0.3, -0.25) is 0 Å². The first-order chi connectivity index (χ1) is 6.38. The maximum absolute atomic E-state index is 4.24. The third kappa shape index (κ3) is 3.48. The summed E-state index contributed by atoms with van der Waals surface area (Å²) in [7, 11) is 0. The third-order valence-corrected chi connectivity index (χ3v) is 2.31. The third-order valence-electron chi connectivity index (χ3n) is 2.31. The predicted octanol–water partition coefficient (Wildman–Crippen LogP) is 1.12. The summed E-state index contributed by atoms with van der Waals surface area (Å²) in [6.07, 6.45) is 3.58. The molecule has 1 aromatic heterocycles. The van der Waals surface area contributed by atoms with E-state index in [1.54, 1.807) is 12.4 Å². The molecule has 0 saturated carbocycles. The fourth-order valence-corrected chi connectivity index (χ4v) is 1.58. The topological polar surface area (TPSA) is 41.0 Å². The van der Waals surface area contributed by atoms with E-state index in [9.17, 15) is 0 Å². The van der Waals surface area contributed by atoms with Crippen LogP contribution in [-0.4, -0.2) is 35.6 Å². The largest absolute Gasteiger partial charge is 0.336 e. The molecule has 1 aliphatic heterocycles. The molecule has 1 saturated heterocycles. The molecular weight excluding hydrogens is 235 g/mol. The molecule has 0 amide bonds. The maximum atomic E-state index is 4.24. The van der Waals surface area contributed by atoms with Crippen LogP contribution < -0.4 is 10.2 Å². The standard InChI is InChI=1S/C9H14N4.2ClH/c1-8-7-10-5-6-13(8)9-11-3-2-4-12-9;;/h2-4,8,10H,5-7H2,1H3;2*1H. The number of hydrogen-bond acceptors (Lipinski definition) is 4. The van der Waals surface area contributed by atoms with Gasteiger partial charge in [0.25, 0.3) is 0 Å². The number of piperazine rings is 1. The van der Waals surface area contributed by atoms with Crippen LogP contribution in [0, 0.1) is 0 Å². The summed E-state index contributed by atoms with van der Waals surface area (Å²) in [4.78, 5) is 10.7. The molecule has 0 radical (unpaired) electrons. The Balaban J connectivity index is 0.000000980. The fourth-order valence-electron chi connectivity index (χ4n) is 1.58. The lowest BCUT2D eigenvalue weighted by atomic mass is 10.2. The van der Waals surface area contributed by atoms with Crippen molar-refractivity contribution in [3.05, 3.63) is 18.5 Å². The summed E-state index contributed by atoms with van der Waals surface area (Å²) in [5.74, 6) is 0.844. The van der Waals surface area contributed by atoms with Crippen LogP contribution >= 0.6 is 24.8 Å². The highest BCUT2D eigenvalue weighted by atomic mass is 35.5. The Morgan fingerprint density at radius 2 is 2.00 bits per heavy atom. The fraction of sp³-hybridized carbons (Fsp3) is 0.556. The number of halogens is 2. The Morgan fingerprint density at radius 1 is 1.33 bits per heavy atom. The van der Waals surface area contributed by atoms with Crippen molar-refractivity contribution in [3.63, 3.8) is 0 Å². The van der Waals surface area contributed by atoms with Gasteiger partial charge in [-0.05, 0) is 13.0 Å². The highest BCUT2D eigenvalue weighted by Crippen LogP contribution is 2.10. The molecule has 1 aliphatic rings. The van der Waals surface area contributed by atoms with Gasteiger partial charge < -0.3 is 10.2 Å². The Kier molecular flexibility index (Phi) is 6.56. The van der Waals surface area contributed by atoms with Crippen molar-refractivity contribution >= 4 is 30.8 Å². The second-order valence-corrected chi connectivity index (χ2v) is 3.30. The van der Waals surface area contributed by atoms with Crippen molar-refractivity contribution in [1.29, 1.82) is 0 Å². The van der Waals surface area contributed by atoms with E-state index in [2.05, 4.69) is 27.1 Å². The quantitative estimate of drug-likeness (QED) is 0.812. The van der Waals surface area contributed by atoms with Crippen molar-refractivity contribution < 1.29 is 0 Å². The number of rotatable bonds is 1. The van der Waals surface area contributed by atoms with E-state index < -0.39 is 0 Å². The Morgan fingerprint density at radius 3 is 2.60 bits per heavy atom. The predicted molar refractivity (Wildman–Crippen MR) is 66.2 cm³/mol. The SMILES string of the molecule is CC1CNCCN1c1ncccn1.Cl.Cl. The molecule has 1 atom stereocenters. The second kappa shape index (κ2) is 6.82. The van der Waals surface area contributed by atoms with Gasteiger partial charge in [0, 0.05) is 38.1 Å². The summed E-state index contributed by atoms with van der Waals surface area (Å²) in [6.45, 7) is 5.20. The summed E-state index contributed by atoms with van der Waals surface area (Å²) >= 11 is 0. The number of anilines is 1. The smallest absolute Gasteiger partial charge is 0.225 e. The van der Waals surface area contributed by atoms with Gasteiger partial charge in [-0.1, -0.05) is 0 Å². The van der Waals surface area contributed by atoms with Gasteiger partial charge in [-0.15, -0.1) is 24.8 Å². The molecule has 0 aromatic carbocycles. The number of nitrogens with zero attached hydrogens (tertiary/aromatic N) is 3. The molecule has 1 unspecified atom stereocenters. The molecule has 86 valence electrons. The number of nitrogens with one attached hydrogen (secondary N) is 1. The van der Waals surface area contributed by atoms with Gasteiger partial charge in [0.1, 0.15) is 0 Å². The summed E-state index contributed by atoms with van der Waals surface area (Å²) in [5.41, 5.74) is 0. The van der Waals surface area contributed by atoms with Crippen molar-refractivity contribution in [2.75, 3.05) is 24.5 Å². The van der Waals surface area contributed by atoms with Crippen molar-refractivity contribution in [2.24, 2.45) is 0 Å².